The fourth-order valence-corrected chi connectivity index (χ4v) is 4.90. The van der Waals surface area contributed by atoms with Crippen LogP contribution in [0, 0.1) is 0 Å². The van der Waals surface area contributed by atoms with Crippen LogP contribution in [0.3, 0.4) is 0 Å². The molecule has 0 unspecified atom stereocenters. The van der Waals surface area contributed by atoms with E-state index in [1.807, 2.05) is 24.0 Å². The number of halogens is 2. The van der Waals surface area contributed by atoms with Gasteiger partial charge in [-0.3, -0.25) is 4.79 Å². The first kappa shape index (κ1) is 23.9. The average molecular weight is 493 g/mol. The van der Waals surface area contributed by atoms with Gasteiger partial charge >= 0.3 is 0 Å². The summed E-state index contributed by atoms with van der Waals surface area (Å²) in [5.74, 6) is 1.97. The van der Waals surface area contributed by atoms with E-state index >= 15 is 0 Å². The Bertz CT molecular complexity index is 977. The van der Waals surface area contributed by atoms with E-state index in [1.54, 1.807) is 19.4 Å². The molecule has 0 radical (unpaired) electrons. The minimum atomic E-state index is -0.120. The summed E-state index contributed by atoms with van der Waals surface area (Å²) in [5, 5.41) is 7.96. The zero-order chi connectivity index (χ0) is 23.4. The van der Waals surface area contributed by atoms with Crippen LogP contribution in [-0.2, 0) is 4.79 Å². The van der Waals surface area contributed by atoms with E-state index in [4.69, 9.17) is 32.9 Å². The Labute approximate surface area is 204 Å². The van der Waals surface area contributed by atoms with Gasteiger partial charge in [0.15, 0.2) is 11.6 Å². The van der Waals surface area contributed by atoms with E-state index in [0.717, 1.165) is 24.9 Å². The van der Waals surface area contributed by atoms with Crippen LogP contribution >= 0.6 is 23.2 Å². The van der Waals surface area contributed by atoms with Gasteiger partial charge in [-0.25, -0.2) is 4.98 Å². The second-order valence-electron chi connectivity index (χ2n) is 8.48. The van der Waals surface area contributed by atoms with Crippen molar-refractivity contribution in [2.45, 2.75) is 38.3 Å². The highest BCUT2D eigenvalue weighted by Gasteiger charge is 2.26. The molecular weight excluding hydrogens is 463 g/mol. The zero-order valence-electron chi connectivity index (χ0n) is 19.0. The minimum absolute atomic E-state index is 0.120. The van der Waals surface area contributed by atoms with Crippen LogP contribution < -0.4 is 20.3 Å². The third-order valence-electron chi connectivity index (χ3n) is 6.24. The van der Waals surface area contributed by atoms with Crippen molar-refractivity contribution in [2.24, 2.45) is 0 Å². The van der Waals surface area contributed by atoms with Crippen molar-refractivity contribution in [1.82, 2.24) is 20.2 Å². The summed E-state index contributed by atoms with van der Waals surface area (Å²) >= 11 is 12.4. The number of carbonyl (C=O) groups excluding carboxylic acids is 1. The molecule has 2 N–H and O–H groups in total. The monoisotopic (exact) mass is 492 g/mol. The lowest BCUT2D eigenvalue weighted by Gasteiger charge is -2.35. The Morgan fingerprint density at radius 1 is 1.30 bits per heavy atom. The van der Waals surface area contributed by atoms with Gasteiger partial charge in [0.25, 0.3) is 0 Å². The number of carbonyl (C=O) groups is 1. The summed E-state index contributed by atoms with van der Waals surface area (Å²) in [4.78, 5) is 25.9. The molecule has 2 atom stereocenters. The lowest BCUT2D eigenvalue weighted by atomic mass is 10.1. The van der Waals surface area contributed by atoms with E-state index in [9.17, 15) is 4.79 Å². The molecule has 0 bridgehead atoms. The lowest BCUT2D eigenvalue weighted by molar-refractivity contribution is -0.131. The van der Waals surface area contributed by atoms with Crippen molar-refractivity contribution in [3.63, 3.8) is 0 Å². The molecule has 33 heavy (non-hydrogen) atoms. The second kappa shape index (κ2) is 10.8. The maximum absolute atomic E-state index is 12.6. The van der Waals surface area contributed by atoms with Gasteiger partial charge in [0.2, 0.25) is 11.9 Å². The van der Waals surface area contributed by atoms with E-state index in [1.165, 1.54) is 0 Å². The number of methoxy groups -OCH3 is 1. The van der Waals surface area contributed by atoms with E-state index in [0.29, 0.717) is 66.2 Å². The number of anilines is 2. The van der Waals surface area contributed by atoms with Gasteiger partial charge in [-0.1, -0.05) is 29.3 Å². The molecule has 1 amide bonds. The van der Waals surface area contributed by atoms with Crippen LogP contribution in [-0.4, -0.2) is 66.7 Å². The molecule has 10 heteroatoms. The highest BCUT2D eigenvalue weighted by molar-refractivity contribution is 6.35. The van der Waals surface area contributed by atoms with E-state index < -0.39 is 0 Å². The molecular formula is C23H30Cl2N6O2. The fourth-order valence-electron chi connectivity index (χ4n) is 4.33. The first-order valence-electron chi connectivity index (χ1n) is 11.3. The Morgan fingerprint density at radius 3 is 2.76 bits per heavy atom. The van der Waals surface area contributed by atoms with Crippen molar-refractivity contribution >= 4 is 40.9 Å². The molecule has 0 saturated carbocycles. The predicted octanol–water partition coefficient (Wildman–Crippen LogP) is 3.76. The van der Waals surface area contributed by atoms with Crippen molar-refractivity contribution in [2.75, 3.05) is 50.1 Å². The summed E-state index contributed by atoms with van der Waals surface area (Å²) in [6.07, 6.45) is 4.49. The maximum Gasteiger partial charge on any atom is 0.227 e. The number of ether oxygens (including phenoxy) is 1. The smallest absolute Gasteiger partial charge is 0.227 e. The van der Waals surface area contributed by atoms with Crippen LogP contribution in [0.2, 0.25) is 10.0 Å². The molecule has 3 heterocycles. The van der Waals surface area contributed by atoms with Gasteiger partial charge in [0, 0.05) is 48.7 Å². The minimum Gasteiger partial charge on any atom is -0.491 e. The normalized spacial score (nSPS) is 19.5. The number of rotatable bonds is 7. The standard InChI is InChI=1S/C23H30Cl2N6O2/c1-15(18-6-5-16(24)12-19(18)25)28-22-20(33-2)14-27-23(29-22)31-10-8-30(9-11-31)21(32)13-17-4-3-7-26-17/h5-6,12,14-15,17,26H,3-4,7-11,13H2,1-2H3,(H,27,28,29)/t15-,17-/m1/s1. The number of nitrogens with zero attached hydrogens (tertiary/aromatic N) is 4. The van der Waals surface area contributed by atoms with Gasteiger partial charge in [0.05, 0.1) is 19.3 Å². The largest absolute Gasteiger partial charge is 0.491 e. The van der Waals surface area contributed by atoms with Gasteiger partial charge in [-0.05, 0) is 44.0 Å². The van der Waals surface area contributed by atoms with Crippen molar-refractivity contribution < 1.29 is 9.53 Å². The van der Waals surface area contributed by atoms with Crippen LogP contribution in [0.1, 0.15) is 37.8 Å². The van der Waals surface area contributed by atoms with Gasteiger partial charge < -0.3 is 25.2 Å². The Balaban J connectivity index is 1.41. The van der Waals surface area contributed by atoms with Crippen LogP contribution in [0.15, 0.2) is 24.4 Å². The van der Waals surface area contributed by atoms with Gasteiger partial charge in [0.1, 0.15) is 0 Å². The number of aromatic nitrogens is 2. The van der Waals surface area contributed by atoms with Crippen LogP contribution in [0.25, 0.3) is 0 Å². The van der Waals surface area contributed by atoms with Crippen molar-refractivity contribution in [1.29, 1.82) is 0 Å². The number of benzene rings is 1. The predicted molar refractivity (Wildman–Crippen MR) is 132 cm³/mol. The highest BCUT2D eigenvalue weighted by Crippen LogP contribution is 2.31. The Hall–Kier alpha value is -2.29. The molecule has 2 aliphatic rings. The fraction of sp³-hybridized carbons (Fsp3) is 0.522. The van der Waals surface area contributed by atoms with E-state index in [-0.39, 0.29) is 11.9 Å². The SMILES string of the molecule is COc1cnc(N2CCN(C(=O)C[C@H]3CCCN3)CC2)nc1N[C@H](C)c1ccc(Cl)cc1Cl. The first-order valence-corrected chi connectivity index (χ1v) is 12.1. The van der Waals surface area contributed by atoms with Crippen molar-refractivity contribution in [3.05, 3.63) is 40.0 Å². The van der Waals surface area contributed by atoms with E-state index in [2.05, 4.69) is 20.5 Å². The molecule has 2 saturated heterocycles. The number of hydrogen-bond donors (Lipinski definition) is 2. The number of hydrogen-bond acceptors (Lipinski definition) is 7. The second-order valence-corrected chi connectivity index (χ2v) is 9.33. The van der Waals surface area contributed by atoms with Crippen LogP contribution in [0.5, 0.6) is 5.75 Å². The number of amides is 1. The summed E-state index contributed by atoms with van der Waals surface area (Å²) in [6, 6.07) is 5.64. The topological polar surface area (TPSA) is 82.6 Å². The third-order valence-corrected chi connectivity index (χ3v) is 6.81. The van der Waals surface area contributed by atoms with Gasteiger partial charge in [-0.2, -0.15) is 4.98 Å². The zero-order valence-corrected chi connectivity index (χ0v) is 20.5. The molecule has 1 aromatic heterocycles. The number of nitrogens with one attached hydrogen (secondary N) is 2. The maximum atomic E-state index is 12.6. The Morgan fingerprint density at radius 2 is 2.09 bits per heavy atom. The molecule has 2 aliphatic heterocycles. The summed E-state index contributed by atoms with van der Waals surface area (Å²) in [5.41, 5.74) is 0.909. The molecule has 0 spiro atoms. The first-order chi connectivity index (χ1) is 15.9. The average Bonchev–Trinajstić information content (AvgIpc) is 3.32. The molecule has 0 aliphatic carbocycles. The third kappa shape index (κ3) is 5.80. The lowest BCUT2D eigenvalue weighted by Crippen LogP contribution is -2.50. The Kier molecular flexibility index (Phi) is 7.78. The van der Waals surface area contributed by atoms with Crippen molar-refractivity contribution in [3.8, 4) is 5.75 Å². The summed E-state index contributed by atoms with van der Waals surface area (Å²) in [6.45, 7) is 5.73. The summed E-state index contributed by atoms with van der Waals surface area (Å²) in [7, 11) is 1.59. The highest BCUT2D eigenvalue weighted by atomic mass is 35.5. The molecule has 4 rings (SSSR count). The van der Waals surface area contributed by atoms with Crippen LogP contribution in [0.4, 0.5) is 11.8 Å². The summed E-state index contributed by atoms with van der Waals surface area (Å²) < 4.78 is 5.47. The molecule has 2 aromatic rings. The molecule has 1 aromatic carbocycles. The molecule has 178 valence electrons. The quantitative estimate of drug-likeness (QED) is 0.608. The number of piperazine rings is 1. The molecule has 8 nitrogen and oxygen atoms in total. The molecule has 2 fully saturated rings. The van der Waals surface area contributed by atoms with Gasteiger partial charge in [-0.15, -0.1) is 0 Å².